The highest BCUT2D eigenvalue weighted by Crippen LogP contribution is 2.24. The Morgan fingerprint density at radius 1 is 0.598 bits per heavy atom. The number of aromatic hydroxyl groups is 2. The lowest BCUT2D eigenvalue weighted by atomic mass is 9.96. The molecule has 4 aromatic rings. The summed E-state index contributed by atoms with van der Waals surface area (Å²) < 4.78 is 0. The number of hydrogen-bond acceptors (Lipinski definition) is 16. The molecule has 11 amide bonds. The van der Waals surface area contributed by atoms with Crippen LogP contribution >= 0.6 is 0 Å². The standard InChI is InChI=1S/C58H77N13O16/c1-4-29(2)48(57(85)71-23-7-10-44(71)56(84)68-42(54(82)70-49(30(3)72)58(86)87)26-33-28-63-38-9-6-5-8-36(33)38)69-55(83)43(27-47(62)77)67-53(81)41(25-32-13-17-35(74)18-14-32)66-52(80)40(24-31-11-15-34(73)16-12-31)65-51(79)39(20-22-46(61)76)64-50(78)37(59)19-21-45(60)75/h5-6,8-9,11-18,28-30,37,39-44,48-49,63,72-74H,4,7,10,19-27,59H2,1-3H3,(H2,60,75)(H2,61,76)(H2,62,77)(H,64,78)(H,65,79)(H,66,80)(H,67,81)(H,68,84)(H,69,83)(H,70,82)(H,86,87)/t29-,30+,37-,39-,40-,41-,42-,43-,44-,48-,49-/m0/s1. The average Bonchev–Trinajstić information content (AvgIpc) is 2.10. The molecule has 1 aliphatic rings. The van der Waals surface area contributed by atoms with E-state index in [9.17, 15) is 78.0 Å². The second-order valence-corrected chi connectivity index (χ2v) is 21.5. The van der Waals surface area contributed by atoms with Crippen molar-refractivity contribution >= 4 is 81.9 Å². The zero-order valence-electron chi connectivity index (χ0n) is 48.3. The van der Waals surface area contributed by atoms with E-state index in [0.717, 1.165) is 0 Å². The number of para-hydroxylation sites is 1. The molecular formula is C58H77N13O16. The summed E-state index contributed by atoms with van der Waals surface area (Å²) in [6, 6.07) is 4.19. The second kappa shape index (κ2) is 32.0. The van der Waals surface area contributed by atoms with Crippen LogP contribution in [-0.4, -0.2) is 168 Å². The third-order valence-corrected chi connectivity index (χ3v) is 14.8. The van der Waals surface area contributed by atoms with Gasteiger partial charge in [0.1, 0.15) is 53.8 Å². The zero-order valence-corrected chi connectivity index (χ0v) is 48.3. The fourth-order valence-corrected chi connectivity index (χ4v) is 9.70. The quantitative estimate of drug-likeness (QED) is 0.0230. The highest BCUT2D eigenvalue weighted by molar-refractivity contribution is 6.00. The summed E-state index contributed by atoms with van der Waals surface area (Å²) in [5.41, 5.74) is 24.1. The number of carbonyl (C=O) groups excluding carboxylic acids is 11. The first-order chi connectivity index (χ1) is 41.1. The second-order valence-electron chi connectivity index (χ2n) is 21.5. The number of carboxylic acid groups (broad SMARTS) is 1. The molecule has 20 N–H and O–H groups in total. The third kappa shape index (κ3) is 20.3. The van der Waals surface area contributed by atoms with Crippen LogP contribution in [0.25, 0.3) is 10.9 Å². The largest absolute Gasteiger partial charge is 0.508 e. The number of phenols is 2. The molecule has 87 heavy (non-hydrogen) atoms. The van der Waals surface area contributed by atoms with Crippen molar-refractivity contribution in [3.05, 3.63) is 95.7 Å². The Bertz CT molecular complexity index is 3140. The maximum absolute atomic E-state index is 14.8. The van der Waals surface area contributed by atoms with E-state index in [1.54, 1.807) is 44.3 Å². The van der Waals surface area contributed by atoms with Crippen molar-refractivity contribution in [1.82, 2.24) is 47.1 Å². The highest BCUT2D eigenvalue weighted by atomic mass is 16.4. The van der Waals surface area contributed by atoms with Gasteiger partial charge in [0.25, 0.3) is 0 Å². The first kappa shape index (κ1) is 68.1. The Labute approximate surface area is 499 Å². The number of fused-ring (bicyclic) bond motifs is 1. The average molecular weight is 1210 g/mol. The van der Waals surface area contributed by atoms with Crippen molar-refractivity contribution in [1.29, 1.82) is 0 Å². The molecule has 5 rings (SSSR count). The maximum atomic E-state index is 14.8. The van der Waals surface area contributed by atoms with Crippen molar-refractivity contribution in [3.63, 3.8) is 0 Å². The molecule has 0 radical (unpaired) electrons. The van der Waals surface area contributed by atoms with E-state index >= 15 is 0 Å². The van der Waals surface area contributed by atoms with Gasteiger partial charge in [0, 0.05) is 55.7 Å². The number of carboxylic acids is 1. The summed E-state index contributed by atoms with van der Waals surface area (Å²) in [4.78, 5) is 166. The molecule has 1 fully saturated rings. The van der Waals surface area contributed by atoms with Crippen LogP contribution in [0, 0.1) is 5.92 Å². The maximum Gasteiger partial charge on any atom is 0.328 e. The number of primary amides is 3. The summed E-state index contributed by atoms with van der Waals surface area (Å²) in [6.45, 7) is 4.52. The van der Waals surface area contributed by atoms with E-state index in [4.69, 9.17) is 22.9 Å². The van der Waals surface area contributed by atoms with Crippen LogP contribution < -0.4 is 60.2 Å². The molecule has 1 aromatic heterocycles. The van der Waals surface area contributed by atoms with Gasteiger partial charge in [-0.1, -0.05) is 62.7 Å². The van der Waals surface area contributed by atoms with Crippen molar-refractivity contribution in [2.24, 2.45) is 28.9 Å². The van der Waals surface area contributed by atoms with Gasteiger partial charge >= 0.3 is 5.97 Å². The number of H-pyrrole nitrogens is 1. The summed E-state index contributed by atoms with van der Waals surface area (Å²) >= 11 is 0. The number of carbonyl (C=O) groups is 12. The monoisotopic (exact) mass is 1210 g/mol. The van der Waals surface area contributed by atoms with Crippen LogP contribution in [0.1, 0.15) is 88.8 Å². The molecule has 0 saturated carbocycles. The van der Waals surface area contributed by atoms with Crippen LogP contribution in [0.15, 0.2) is 79.0 Å². The number of rotatable bonds is 33. The fraction of sp³-hybridized carbons (Fsp3) is 0.448. The van der Waals surface area contributed by atoms with Gasteiger partial charge in [-0.05, 0) is 85.5 Å². The van der Waals surface area contributed by atoms with Gasteiger partial charge in [-0.2, -0.15) is 0 Å². The van der Waals surface area contributed by atoms with E-state index in [1.807, 2.05) is 0 Å². The van der Waals surface area contributed by atoms with Crippen LogP contribution in [0.4, 0.5) is 0 Å². The molecule has 1 saturated heterocycles. The number of benzene rings is 3. The molecule has 11 atom stereocenters. The molecule has 0 unspecified atom stereocenters. The Balaban J connectivity index is 1.41. The lowest BCUT2D eigenvalue weighted by Gasteiger charge is -2.33. The van der Waals surface area contributed by atoms with Crippen LogP contribution in [-0.2, 0) is 76.8 Å². The number of aromatic nitrogens is 1. The fourth-order valence-electron chi connectivity index (χ4n) is 9.70. The summed E-state index contributed by atoms with van der Waals surface area (Å²) in [7, 11) is 0. The molecule has 0 aliphatic carbocycles. The Morgan fingerprint density at radius 2 is 1.08 bits per heavy atom. The number of aliphatic carboxylic acids is 1. The van der Waals surface area contributed by atoms with E-state index < -0.39 is 150 Å². The molecular weight excluding hydrogens is 1130 g/mol. The van der Waals surface area contributed by atoms with Crippen molar-refractivity contribution in [2.75, 3.05) is 6.54 Å². The predicted molar refractivity (Wildman–Crippen MR) is 311 cm³/mol. The van der Waals surface area contributed by atoms with E-state index in [0.29, 0.717) is 34.0 Å². The lowest BCUT2D eigenvalue weighted by Crippen LogP contribution is -2.62. The number of hydrogen-bond donors (Lipinski definition) is 16. The topological polar surface area (TPSA) is 493 Å². The van der Waals surface area contributed by atoms with Crippen molar-refractivity contribution in [2.45, 2.75) is 152 Å². The minimum atomic E-state index is -1.83. The van der Waals surface area contributed by atoms with Crippen molar-refractivity contribution in [3.8, 4) is 11.5 Å². The minimum absolute atomic E-state index is 0.00563. The van der Waals surface area contributed by atoms with Gasteiger partial charge in [-0.25, -0.2) is 4.79 Å². The smallest absolute Gasteiger partial charge is 0.328 e. The Morgan fingerprint density at radius 3 is 1.61 bits per heavy atom. The number of nitrogens with zero attached hydrogens (tertiary/aromatic N) is 1. The normalized spacial score (nSPS) is 16.4. The number of aliphatic hydroxyl groups is 1. The molecule has 0 bridgehead atoms. The zero-order chi connectivity index (χ0) is 64.2. The van der Waals surface area contributed by atoms with Gasteiger partial charge < -0.3 is 90.5 Å². The van der Waals surface area contributed by atoms with Gasteiger partial charge in [0.15, 0.2) is 6.04 Å². The third-order valence-electron chi connectivity index (χ3n) is 14.8. The molecule has 470 valence electrons. The van der Waals surface area contributed by atoms with Crippen LogP contribution in [0.5, 0.6) is 11.5 Å². The number of aromatic amines is 1. The van der Waals surface area contributed by atoms with Gasteiger partial charge in [-0.3, -0.25) is 52.7 Å². The van der Waals surface area contributed by atoms with Crippen molar-refractivity contribution < 1.29 is 78.0 Å². The first-order valence-electron chi connectivity index (χ1n) is 28.2. The SMILES string of the molecule is CC[C@H](C)[C@H](NC(=O)[C@H](CC(N)=O)NC(=O)[C@H](Cc1ccc(O)cc1)NC(=O)[C@H](Cc1ccc(O)cc1)NC(=O)[C@H](CCC(N)=O)NC(=O)[C@@H](N)CCC(N)=O)C(=O)N1CCC[C@H]1C(=O)N[C@@H](Cc1c[nH]c2ccccc12)C(=O)N[C@H](C(=O)O)[C@@H](C)O. The van der Waals surface area contributed by atoms with Gasteiger partial charge in [0.05, 0.1) is 18.6 Å². The van der Waals surface area contributed by atoms with Crippen LogP contribution in [0.2, 0.25) is 0 Å². The minimum Gasteiger partial charge on any atom is -0.508 e. The molecule has 29 heteroatoms. The van der Waals surface area contributed by atoms with Gasteiger partial charge in [-0.15, -0.1) is 0 Å². The molecule has 3 aromatic carbocycles. The summed E-state index contributed by atoms with van der Waals surface area (Å²) in [5, 5.41) is 58.3. The number of amides is 11. The Hall–Kier alpha value is -9.64. The first-order valence-corrected chi connectivity index (χ1v) is 28.2. The number of nitrogens with one attached hydrogen (secondary N) is 8. The van der Waals surface area contributed by atoms with E-state index in [-0.39, 0.29) is 69.4 Å². The summed E-state index contributed by atoms with van der Waals surface area (Å²) in [5.74, 6) is -12.8. The molecule has 2 heterocycles. The number of phenolic OH excluding ortho intramolecular Hbond substituents is 2. The lowest BCUT2D eigenvalue weighted by molar-refractivity contribution is -0.146. The molecule has 1 aliphatic heterocycles. The number of nitrogens with two attached hydrogens (primary N) is 4. The molecule has 29 nitrogen and oxygen atoms in total. The number of aliphatic hydroxyl groups excluding tert-OH is 1. The van der Waals surface area contributed by atoms with E-state index in [1.165, 1.54) is 60.4 Å². The Kier molecular flexibility index (Phi) is 25.1. The molecule has 0 spiro atoms. The van der Waals surface area contributed by atoms with Gasteiger partial charge in [0.2, 0.25) is 65.0 Å². The van der Waals surface area contributed by atoms with Crippen LogP contribution in [0.3, 0.4) is 0 Å². The highest BCUT2D eigenvalue weighted by Gasteiger charge is 2.42. The van der Waals surface area contributed by atoms with E-state index in [2.05, 4.69) is 42.2 Å². The predicted octanol–water partition coefficient (Wildman–Crippen LogP) is -2.76. The number of likely N-dealkylation sites (tertiary alicyclic amines) is 1. The summed E-state index contributed by atoms with van der Waals surface area (Å²) in [6.07, 6.45) is -2.22.